The van der Waals surface area contributed by atoms with Gasteiger partial charge >= 0.3 is 5.97 Å². The zero-order chi connectivity index (χ0) is 19.4. The van der Waals surface area contributed by atoms with Crippen molar-refractivity contribution < 1.29 is 19.4 Å². The van der Waals surface area contributed by atoms with E-state index in [2.05, 4.69) is 5.32 Å². The molecule has 0 aliphatic heterocycles. The monoisotopic (exact) mass is 369 g/mol. The van der Waals surface area contributed by atoms with Gasteiger partial charge in [-0.15, -0.1) is 0 Å². The molecule has 1 aliphatic rings. The van der Waals surface area contributed by atoms with Crippen LogP contribution in [0.1, 0.15) is 45.1 Å². The molecule has 0 atom stereocenters. The molecule has 2 aromatic rings. The topological polar surface area (TPSA) is 75.6 Å². The number of rotatable bonds is 6. The summed E-state index contributed by atoms with van der Waals surface area (Å²) in [4.78, 5) is 23.7. The lowest BCUT2D eigenvalue weighted by molar-refractivity contribution is -0.144. The number of carboxylic acids is 1. The van der Waals surface area contributed by atoms with E-state index in [1.165, 1.54) is 0 Å². The van der Waals surface area contributed by atoms with E-state index >= 15 is 0 Å². The molecule has 2 aromatic carbocycles. The molecule has 144 valence electrons. The maximum absolute atomic E-state index is 12.6. The first-order chi connectivity index (χ1) is 13.0. The fraction of sp³-hybridized carbons (Fsp3) is 0.455. The van der Waals surface area contributed by atoms with Crippen molar-refractivity contribution in [1.82, 2.24) is 5.32 Å². The minimum atomic E-state index is -0.750. The minimum Gasteiger partial charge on any atom is -0.491 e. The van der Waals surface area contributed by atoms with E-state index < -0.39 is 5.97 Å². The Kier molecular flexibility index (Phi) is 5.99. The van der Waals surface area contributed by atoms with Crippen molar-refractivity contribution in [2.75, 3.05) is 0 Å². The van der Waals surface area contributed by atoms with Gasteiger partial charge in [-0.1, -0.05) is 30.3 Å². The number of amides is 1. The summed E-state index contributed by atoms with van der Waals surface area (Å²) in [7, 11) is 0. The van der Waals surface area contributed by atoms with Crippen LogP contribution in [-0.4, -0.2) is 23.1 Å². The number of benzene rings is 2. The van der Waals surface area contributed by atoms with Gasteiger partial charge in [0.1, 0.15) is 5.75 Å². The molecule has 0 radical (unpaired) electrons. The van der Waals surface area contributed by atoms with E-state index in [1.54, 1.807) is 0 Å². The number of carbonyl (C=O) groups is 2. The van der Waals surface area contributed by atoms with Crippen molar-refractivity contribution in [2.45, 2.75) is 52.2 Å². The van der Waals surface area contributed by atoms with Gasteiger partial charge in [-0.05, 0) is 56.4 Å². The third-order valence-electron chi connectivity index (χ3n) is 5.25. The zero-order valence-corrected chi connectivity index (χ0v) is 15.9. The molecule has 5 nitrogen and oxygen atoms in total. The molecule has 0 bridgehead atoms. The van der Waals surface area contributed by atoms with E-state index in [-0.39, 0.29) is 23.8 Å². The van der Waals surface area contributed by atoms with Crippen molar-refractivity contribution in [3.05, 3.63) is 42.0 Å². The van der Waals surface area contributed by atoms with E-state index in [9.17, 15) is 9.59 Å². The molecule has 2 N–H and O–H groups in total. The average molecular weight is 369 g/mol. The molecule has 1 aliphatic carbocycles. The summed E-state index contributed by atoms with van der Waals surface area (Å²) < 4.78 is 5.96. The van der Waals surface area contributed by atoms with Crippen molar-refractivity contribution in [3.63, 3.8) is 0 Å². The van der Waals surface area contributed by atoms with E-state index in [4.69, 9.17) is 9.84 Å². The number of hydrogen-bond acceptors (Lipinski definition) is 3. The normalized spacial score (nSPS) is 19.8. The fourth-order valence-corrected chi connectivity index (χ4v) is 3.79. The highest BCUT2D eigenvalue weighted by molar-refractivity contribution is 5.88. The maximum Gasteiger partial charge on any atom is 0.306 e. The number of ether oxygens (including phenoxy) is 1. The summed E-state index contributed by atoms with van der Waals surface area (Å²) in [6.07, 6.45) is 2.46. The number of nitrogens with one attached hydrogen (secondary N) is 1. The number of carbonyl (C=O) groups excluding carboxylic acids is 1. The van der Waals surface area contributed by atoms with Crippen molar-refractivity contribution in [3.8, 4) is 5.75 Å². The first-order valence-corrected chi connectivity index (χ1v) is 9.63. The van der Waals surface area contributed by atoms with Gasteiger partial charge in [0.15, 0.2) is 0 Å². The third-order valence-corrected chi connectivity index (χ3v) is 5.25. The Morgan fingerprint density at radius 2 is 1.74 bits per heavy atom. The molecule has 0 heterocycles. The number of hydrogen-bond donors (Lipinski definition) is 2. The SMILES string of the molecule is CC(C)Oc1ccc2ccccc2c1CNC(=O)C1CCC(C(=O)O)CC1. The van der Waals surface area contributed by atoms with Crippen LogP contribution in [0.5, 0.6) is 5.75 Å². The van der Waals surface area contributed by atoms with Crippen LogP contribution >= 0.6 is 0 Å². The molecule has 0 spiro atoms. The van der Waals surface area contributed by atoms with Crippen molar-refractivity contribution >= 4 is 22.6 Å². The second kappa shape index (κ2) is 8.42. The van der Waals surface area contributed by atoms with E-state index in [0.29, 0.717) is 32.2 Å². The highest BCUT2D eigenvalue weighted by Gasteiger charge is 2.29. The summed E-state index contributed by atoms with van der Waals surface area (Å²) in [6, 6.07) is 12.1. The van der Waals surface area contributed by atoms with Crippen molar-refractivity contribution in [1.29, 1.82) is 0 Å². The standard InChI is InChI=1S/C22H27NO4/c1-14(2)27-20-12-11-15-5-3-4-6-18(15)19(20)13-23-21(24)16-7-9-17(10-8-16)22(25)26/h3-6,11-12,14,16-17H,7-10,13H2,1-2H3,(H,23,24)(H,25,26). The van der Waals surface area contributed by atoms with E-state index in [0.717, 1.165) is 22.1 Å². The highest BCUT2D eigenvalue weighted by Crippen LogP contribution is 2.31. The van der Waals surface area contributed by atoms with Crippen LogP contribution in [-0.2, 0) is 16.1 Å². The van der Waals surface area contributed by atoms with Crippen LogP contribution in [0.15, 0.2) is 36.4 Å². The van der Waals surface area contributed by atoms with Gasteiger partial charge in [-0.25, -0.2) is 0 Å². The lowest BCUT2D eigenvalue weighted by Crippen LogP contribution is -2.34. The lowest BCUT2D eigenvalue weighted by Gasteiger charge is -2.25. The number of fused-ring (bicyclic) bond motifs is 1. The summed E-state index contributed by atoms with van der Waals surface area (Å²) in [6.45, 7) is 4.37. The van der Waals surface area contributed by atoms with Crippen LogP contribution in [0.2, 0.25) is 0 Å². The molecule has 1 saturated carbocycles. The van der Waals surface area contributed by atoms with Crippen LogP contribution in [0.3, 0.4) is 0 Å². The van der Waals surface area contributed by atoms with Crippen LogP contribution in [0.4, 0.5) is 0 Å². The average Bonchev–Trinajstić information content (AvgIpc) is 2.66. The molecule has 1 fully saturated rings. The largest absolute Gasteiger partial charge is 0.491 e. The van der Waals surface area contributed by atoms with Gasteiger partial charge in [0.25, 0.3) is 0 Å². The smallest absolute Gasteiger partial charge is 0.306 e. The second-order valence-electron chi connectivity index (χ2n) is 7.53. The molecule has 0 unspecified atom stereocenters. The van der Waals surface area contributed by atoms with Gasteiger partial charge in [-0.3, -0.25) is 9.59 Å². The summed E-state index contributed by atoms with van der Waals surface area (Å²) >= 11 is 0. The quantitative estimate of drug-likeness (QED) is 0.803. The Labute approximate surface area is 159 Å². The molecular formula is C22H27NO4. The second-order valence-corrected chi connectivity index (χ2v) is 7.53. The first-order valence-electron chi connectivity index (χ1n) is 9.63. The highest BCUT2D eigenvalue weighted by atomic mass is 16.5. The lowest BCUT2D eigenvalue weighted by atomic mass is 9.81. The summed E-state index contributed by atoms with van der Waals surface area (Å²) in [5.74, 6) is -0.371. The summed E-state index contributed by atoms with van der Waals surface area (Å²) in [5, 5.41) is 14.3. The predicted molar refractivity (Wildman–Crippen MR) is 105 cm³/mol. The minimum absolute atomic E-state index is 0.00210. The first kappa shape index (κ1) is 19.2. The Hall–Kier alpha value is -2.56. The van der Waals surface area contributed by atoms with Crippen LogP contribution in [0, 0.1) is 11.8 Å². The van der Waals surface area contributed by atoms with Gasteiger partial charge < -0.3 is 15.2 Å². The molecule has 3 rings (SSSR count). The Bertz CT molecular complexity index is 822. The Morgan fingerprint density at radius 3 is 2.41 bits per heavy atom. The van der Waals surface area contributed by atoms with Gasteiger partial charge in [0.05, 0.1) is 12.0 Å². The van der Waals surface area contributed by atoms with Gasteiger partial charge in [0.2, 0.25) is 5.91 Å². The number of carboxylic acid groups (broad SMARTS) is 1. The molecule has 27 heavy (non-hydrogen) atoms. The van der Waals surface area contributed by atoms with Crippen molar-refractivity contribution in [2.24, 2.45) is 11.8 Å². The number of aliphatic carboxylic acids is 1. The maximum atomic E-state index is 12.6. The molecule has 1 amide bonds. The van der Waals surface area contributed by atoms with Crippen LogP contribution in [0.25, 0.3) is 10.8 Å². The van der Waals surface area contributed by atoms with E-state index in [1.807, 2.05) is 50.2 Å². The summed E-state index contributed by atoms with van der Waals surface area (Å²) in [5.41, 5.74) is 0.981. The fourth-order valence-electron chi connectivity index (χ4n) is 3.79. The molecule has 5 heteroatoms. The molecule has 0 aromatic heterocycles. The Balaban J connectivity index is 1.72. The molecular weight excluding hydrogens is 342 g/mol. The zero-order valence-electron chi connectivity index (χ0n) is 15.9. The predicted octanol–water partition coefficient (Wildman–Crippen LogP) is 4.13. The third kappa shape index (κ3) is 4.59. The van der Waals surface area contributed by atoms with Crippen LogP contribution < -0.4 is 10.1 Å². The van der Waals surface area contributed by atoms with Gasteiger partial charge in [-0.2, -0.15) is 0 Å². The van der Waals surface area contributed by atoms with Gasteiger partial charge in [0, 0.05) is 18.0 Å². The molecule has 0 saturated heterocycles. The Morgan fingerprint density at radius 1 is 1.07 bits per heavy atom.